The Morgan fingerprint density at radius 1 is 1.14 bits per heavy atom. The highest BCUT2D eigenvalue weighted by atomic mass is 79.9. The maximum Gasteiger partial charge on any atom is 0.175 e. The van der Waals surface area contributed by atoms with Crippen LogP contribution in [0.15, 0.2) is 16.6 Å². The fourth-order valence-electron chi connectivity index (χ4n) is 1.82. The van der Waals surface area contributed by atoms with Crippen LogP contribution in [0, 0.1) is 0 Å². The van der Waals surface area contributed by atoms with Gasteiger partial charge in [-0.15, -0.1) is 0 Å². The van der Waals surface area contributed by atoms with Crippen molar-refractivity contribution in [3.8, 4) is 11.5 Å². The molecule has 0 aromatic heterocycles. The molecule has 0 bridgehead atoms. The van der Waals surface area contributed by atoms with Crippen molar-refractivity contribution in [3.05, 3.63) is 22.2 Å². The normalized spacial score (nSPS) is 11.0. The van der Waals surface area contributed by atoms with Crippen LogP contribution in [0.1, 0.15) is 33.3 Å². The smallest absolute Gasteiger partial charge is 0.175 e. The van der Waals surface area contributed by atoms with Crippen molar-refractivity contribution in [1.82, 2.24) is 5.32 Å². The molecular weight excluding hydrogens is 334 g/mol. The van der Waals surface area contributed by atoms with Crippen molar-refractivity contribution in [3.63, 3.8) is 0 Å². The third-order valence-electron chi connectivity index (χ3n) is 2.73. The van der Waals surface area contributed by atoms with Crippen molar-refractivity contribution in [2.24, 2.45) is 0 Å². The molecule has 120 valence electrons. The van der Waals surface area contributed by atoms with E-state index in [4.69, 9.17) is 14.2 Å². The van der Waals surface area contributed by atoms with Crippen molar-refractivity contribution >= 4 is 15.9 Å². The first kappa shape index (κ1) is 18.3. The molecular formula is C16H26BrNO3. The first-order valence-electron chi connectivity index (χ1n) is 7.48. The molecule has 0 aliphatic rings. The van der Waals surface area contributed by atoms with Gasteiger partial charge in [-0.25, -0.2) is 0 Å². The molecule has 0 saturated carbocycles. The maximum absolute atomic E-state index is 5.81. The Kier molecular flexibility index (Phi) is 8.73. The van der Waals surface area contributed by atoms with Gasteiger partial charge in [0, 0.05) is 6.54 Å². The molecule has 0 spiro atoms. The van der Waals surface area contributed by atoms with Gasteiger partial charge in [0.15, 0.2) is 11.5 Å². The molecule has 0 fully saturated rings. The van der Waals surface area contributed by atoms with Gasteiger partial charge >= 0.3 is 0 Å². The summed E-state index contributed by atoms with van der Waals surface area (Å²) < 4.78 is 17.9. The van der Waals surface area contributed by atoms with Gasteiger partial charge < -0.3 is 19.5 Å². The Bertz CT molecular complexity index is 424. The summed E-state index contributed by atoms with van der Waals surface area (Å²) >= 11 is 3.57. The second kappa shape index (κ2) is 10.0. The Balaban J connectivity index is 2.75. The highest BCUT2D eigenvalue weighted by Gasteiger charge is 2.12. The molecule has 0 unspecified atom stereocenters. The summed E-state index contributed by atoms with van der Waals surface area (Å²) in [6.07, 6.45) is 0.214. The summed E-state index contributed by atoms with van der Waals surface area (Å²) in [7, 11) is 0. The standard InChI is InChI=1S/C16H26BrNO3/c1-5-18-11-13-9-14(17)16(15(10-13)19-6-2)21-8-7-20-12(3)4/h9-10,12,18H,5-8,11H2,1-4H3. The lowest BCUT2D eigenvalue weighted by atomic mass is 10.2. The van der Waals surface area contributed by atoms with Gasteiger partial charge in [-0.1, -0.05) is 6.92 Å². The van der Waals surface area contributed by atoms with Crippen LogP contribution in [-0.2, 0) is 11.3 Å². The summed E-state index contributed by atoms with van der Waals surface area (Å²) in [4.78, 5) is 0. The van der Waals surface area contributed by atoms with Gasteiger partial charge in [0.1, 0.15) is 6.61 Å². The van der Waals surface area contributed by atoms with Gasteiger partial charge in [0.25, 0.3) is 0 Å². The highest BCUT2D eigenvalue weighted by Crippen LogP contribution is 2.37. The lowest BCUT2D eigenvalue weighted by Crippen LogP contribution is -2.13. The van der Waals surface area contributed by atoms with E-state index in [-0.39, 0.29) is 6.10 Å². The zero-order valence-corrected chi connectivity index (χ0v) is 15.0. The number of hydrogen-bond acceptors (Lipinski definition) is 4. The summed E-state index contributed by atoms with van der Waals surface area (Å²) in [5, 5.41) is 3.31. The minimum atomic E-state index is 0.214. The number of hydrogen-bond donors (Lipinski definition) is 1. The molecule has 1 rings (SSSR count). The van der Waals surface area contributed by atoms with Crippen molar-refractivity contribution < 1.29 is 14.2 Å². The van der Waals surface area contributed by atoms with Gasteiger partial charge in [0.2, 0.25) is 0 Å². The average Bonchev–Trinajstić information content (AvgIpc) is 2.43. The van der Waals surface area contributed by atoms with Crippen LogP contribution in [0.4, 0.5) is 0 Å². The molecule has 0 heterocycles. The van der Waals surface area contributed by atoms with Gasteiger partial charge in [0.05, 0.1) is 23.8 Å². The Labute approximate surface area is 136 Å². The zero-order valence-electron chi connectivity index (χ0n) is 13.4. The van der Waals surface area contributed by atoms with E-state index in [1.807, 2.05) is 26.8 Å². The van der Waals surface area contributed by atoms with E-state index in [0.717, 1.165) is 34.6 Å². The summed E-state index contributed by atoms with van der Waals surface area (Å²) in [6, 6.07) is 4.08. The topological polar surface area (TPSA) is 39.7 Å². The van der Waals surface area contributed by atoms with Crippen LogP contribution in [0.5, 0.6) is 11.5 Å². The average molecular weight is 360 g/mol. The number of rotatable bonds is 10. The highest BCUT2D eigenvalue weighted by molar-refractivity contribution is 9.10. The van der Waals surface area contributed by atoms with Crippen LogP contribution in [0.3, 0.4) is 0 Å². The predicted molar refractivity (Wildman–Crippen MR) is 89.3 cm³/mol. The van der Waals surface area contributed by atoms with Crippen molar-refractivity contribution in [2.45, 2.75) is 40.3 Å². The predicted octanol–water partition coefficient (Wildman–Crippen LogP) is 3.76. The minimum absolute atomic E-state index is 0.214. The van der Waals surface area contributed by atoms with E-state index in [9.17, 15) is 0 Å². The Morgan fingerprint density at radius 2 is 1.90 bits per heavy atom. The van der Waals surface area contributed by atoms with E-state index in [2.05, 4.69) is 34.2 Å². The number of ether oxygens (including phenoxy) is 3. The van der Waals surface area contributed by atoms with Crippen molar-refractivity contribution in [2.75, 3.05) is 26.4 Å². The minimum Gasteiger partial charge on any atom is -0.490 e. The second-order valence-corrected chi connectivity index (χ2v) is 5.74. The van der Waals surface area contributed by atoms with Gasteiger partial charge in [-0.2, -0.15) is 0 Å². The number of nitrogens with one attached hydrogen (secondary N) is 1. The molecule has 5 heteroatoms. The molecule has 0 saturated heterocycles. The summed E-state index contributed by atoms with van der Waals surface area (Å²) in [6.45, 7) is 11.5. The molecule has 0 aliphatic carbocycles. The third kappa shape index (κ3) is 6.68. The summed E-state index contributed by atoms with van der Waals surface area (Å²) in [5.74, 6) is 1.51. The van der Waals surface area contributed by atoms with E-state index >= 15 is 0 Å². The molecule has 4 nitrogen and oxygen atoms in total. The SMILES string of the molecule is CCNCc1cc(Br)c(OCCOC(C)C)c(OCC)c1. The number of benzene rings is 1. The molecule has 1 N–H and O–H groups in total. The molecule has 0 radical (unpaired) electrons. The molecule has 1 aromatic carbocycles. The second-order valence-electron chi connectivity index (χ2n) is 4.89. The van der Waals surface area contributed by atoms with Gasteiger partial charge in [-0.3, -0.25) is 0 Å². The molecule has 1 aromatic rings. The fraction of sp³-hybridized carbons (Fsp3) is 0.625. The molecule has 0 aliphatic heterocycles. The fourth-order valence-corrected chi connectivity index (χ4v) is 2.43. The molecule has 21 heavy (non-hydrogen) atoms. The van der Waals surface area contributed by atoms with E-state index in [1.165, 1.54) is 0 Å². The lowest BCUT2D eigenvalue weighted by Gasteiger charge is -2.16. The third-order valence-corrected chi connectivity index (χ3v) is 3.32. The zero-order chi connectivity index (χ0) is 15.7. The van der Waals surface area contributed by atoms with E-state index in [0.29, 0.717) is 19.8 Å². The first-order chi connectivity index (χ1) is 10.1. The van der Waals surface area contributed by atoms with Crippen LogP contribution in [-0.4, -0.2) is 32.5 Å². The van der Waals surface area contributed by atoms with Crippen LogP contribution in [0.25, 0.3) is 0 Å². The largest absolute Gasteiger partial charge is 0.490 e. The van der Waals surface area contributed by atoms with Crippen LogP contribution >= 0.6 is 15.9 Å². The van der Waals surface area contributed by atoms with Gasteiger partial charge in [-0.05, 0) is 60.9 Å². The van der Waals surface area contributed by atoms with E-state index < -0.39 is 0 Å². The summed E-state index contributed by atoms with van der Waals surface area (Å²) in [5.41, 5.74) is 1.16. The molecule has 0 atom stereocenters. The monoisotopic (exact) mass is 359 g/mol. The van der Waals surface area contributed by atoms with E-state index in [1.54, 1.807) is 0 Å². The Morgan fingerprint density at radius 3 is 2.52 bits per heavy atom. The number of halogens is 1. The maximum atomic E-state index is 5.81. The Hall–Kier alpha value is -0.780. The van der Waals surface area contributed by atoms with Crippen molar-refractivity contribution in [1.29, 1.82) is 0 Å². The van der Waals surface area contributed by atoms with Crippen LogP contribution < -0.4 is 14.8 Å². The molecule has 0 amide bonds. The van der Waals surface area contributed by atoms with Crippen LogP contribution in [0.2, 0.25) is 0 Å². The quantitative estimate of drug-likeness (QED) is 0.645. The first-order valence-corrected chi connectivity index (χ1v) is 8.28. The lowest BCUT2D eigenvalue weighted by molar-refractivity contribution is 0.0544.